The molecule has 0 aliphatic rings. The molecule has 2 rings (SSSR count). The maximum absolute atomic E-state index is 13.0. The topological polar surface area (TPSA) is 47.0 Å². The number of hydrogen-bond acceptors (Lipinski definition) is 4. The van der Waals surface area contributed by atoms with Gasteiger partial charge in [-0.05, 0) is 38.1 Å². The smallest absolute Gasteiger partial charge is 0.322 e. The SMILES string of the molecule is CCCNCc1cnc(Oc2ccc(F)cc2Cl)nc1C. The van der Waals surface area contributed by atoms with Crippen molar-refractivity contribution in [1.82, 2.24) is 15.3 Å². The molecule has 1 N–H and O–H groups in total. The molecule has 1 heterocycles. The van der Waals surface area contributed by atoms with Gasteiger partial charge in [-0.25, -0.2) is 9.37 Å². The second-order valence-corrected chi connectivity index (χ2v) is 5.02. The molecule has 1 aromatic heterocycles. The van der Waals surface area contributed by atoms with Gasteiger partial charge in [-0.3, -0.25) is 0 Å². The Morgan fingerprint density at radius 1 is 1.38 bits per heavy atom. The molecule has 0 aliphatic carbocycles. The zero-order valence-corrected chi connectivity index (χ0v) is 12.7. The number of ether oxygens (including phenoxy) is 1. The molecule has 1 aromatic carbocycles. The third-order valence-corrected chi connectivity index (χ3v) is 3.19. The second kappa shape index (κ2) is 7.33. The van der Waals surface area contributed by atoms with Crippen LogP contribution in [0.2, 0.25) is 5.02 Å². The third-order valence-electron chi connectivity index (χ3n) is 2.90. The number of nitrogens with zero attached hydrogens (tertiary/aromatic N) is 2. The molecule has 0 saturated carbocycles. The fourth-order valence-electron chi connectivity index (χ4n) is 1.75. The lowest BCUT2D eigenvalue weighted by molar-refractivity contribution is 0.438. The van der Waals surface area contributed by atoms with Crippen LogP contribution in [0.3, 0.4) is 0 Å². The minimum atomic E-state index is -0.415. The lowest BCUT2D eigenvalue weighted by Crippen LogP contribution is -2.15. The van der Waals surface area contributed by atoms with Crippen molar-refractivity contribution >= 4 is 11.6 Å². The van der Waals surface area contributed by atoms with Crippen molar-refractivity contribution < 1.29 is 9.13 Å². The molecule has 0 spiro atoms. The van der Waals surface area contributed by atoms with Gasteiger partial charge in [0.25, 0.3) is 0 Å². The van der Waals surface area contributed by atoms with E-state index in [1.54, 1.807) is 6.20 Å². The monoisotopic (exact) mass is 309 g/mol. The first-order valence-electron chi connectivity index (χ1n) is 6.76. The van der Waals surface area contributed by atoms with E-state index in [0.29, 0.717) is 5.75 Å². The van der Waals surface area contributed by atoms with E-state index in [0.717, 1.165) is 30.8 Å². The number of benzene rings is 1. The fourth-order valence-corrected chi connectivity index (χ4v) is 1.96. The van der Waals surface area contributed by atoms with Crippen LogP contribution >= 0.6 is 11.6 Å². The molecule has 0 amide bonds. The maximum Gasteiger partial charge on any atom is 0.322 e. The van der Waals surface area contributed by atoms with E-state index in [9.17, 15) is 4.39 Å². The van der Waals surface area contributed by atoms with Crippen LogP contribution < -0.4 is 10.1 Å². The average Bonchev–Trinajstić information content (AvgIpc) is 2.44. The van der Waals surface area contributed by atoms with Gasteiger partial charge in [0.2, 0.25) is 0 Å². The van der Waals surface area contributed by atoms with Crippen molar-refractivity contribution in [3.63, 3.8) is 0 Å². The quantitative estimate of drug-likeness (QED) is 0.823. The average molecular weight is 310 g/mol. The van der Waals surface area contributed by atoms with Crippen LogP contribution in [-0.4, -0.2) is 16.5 Å². The molecule has 0 saturated heterocycles. The van der Waals surface area contributed by atoms with E-state index in [1.165, 1.54) is 18.2 Å². The molecule has 4 nitrogen and oxygen atoms in total. The lowest BCUT2D eigenvalue weighted by Gasteiger charge is -2.09. The van der Waals surface area contributed by atoms with E-state index in [4.69, 9.17) is 16.3 Å². The van der Waals surface area contributed by atoms with E-state index >= 15 is 0 Å². The molecule has 0 aliphatic heterocycles. The van der Waals surface area contributed by atoms with Crippen molar-refractivity contribution in [2.24, 2.45) is 0 Å². The molecular formula is C15H17ClFN3O. The van der Waals surface area contributed by atoms with Crippen LogP contribution in [0.4, 0.5) is 4.39 Å². The molecule has 0 bridgehead atoms. The first kappa shape index (κ1) is 15.7. The zero-order valence-electron chi connectivity index (χ0n) is 12.0. The van der Waals surface area contributed by atoms with Crippen molar-refractivity contribution in [2.45, 2.75) is 26.8 Å². The Balaban J connectivity index is 2.09. The highest BCUT2D eigenvalue weighted by atomic mass is 35.5. The Morgan fingerprint density at radius 3 is 2.86 bits per heavy atom. The van der Waals surface area contributed by atoms with Gasteiger partial charge >= 0.3 is 6.01 Å². The number of aryl methyl sites for hydroxylation is 1. The Kier molecular flexibility index (Phi) is 5.47. The largest absolute Gasteiger partial charge is 0.423 e. The normalized spacial score (nSPS) is 10.7. The number of halogens is 2. The summed E-state index contributed by atoms with van der Waals surface area (Å²) in [4.78, 5) is 8.44. The molecule has 112 valence electrons. The highest BCUT2D eigenvalue weighted by molar-refractivity contribution is 6.32. The summed E-state index contributed by atoms with van der Waals surface area (Å²) >= 11 is 5.90. The molecule has 21 heavy (non-hydrogen) atoms. The van der Waals surface area contributed by atoms with Crippen LogP contribution in [0.1, 0.15) is 24.6 Å². The summed E-state index contributed by atoms with van der Waals surface area (Å²) in [6.45, 7) is 5.67. The molecular weight excluding hydrogens is 293 g/mol. The number of aromatic nitrogens is 2. The van der Waals surface area contributed by atoms with Crippen LogP contribution in [0.5, 0.6) is 11.8 Å². The van der Waals surface area contributed by atoms with Crippen molar-refractivity contribution in [3.8, 4) is 11.8 Å². The second-order valence-electron chi connectivity index (χ2n) is 4.62. The van der Waals surface area contributed by atoms with Crippen LogP contribution in [0.25, 0.3) is 0 Å². The predicted molar refractivity (Wildman–Crippen MR) is 80.3 cm³/mol. The zero-order chi connectivity index (χ0) is 15.2. The molecule has 0 atom stereocenters. The van der Waals surface area contributed by atoms with Gasteiger partial charge in [-0.2, -0.15) is 4.98 Å². The third kappa shape index (κ3) is 4.37. The number of nitrogens with one attached hydrogen (secondary N) is 1. The summed E-state index contributed by atoms with van der Waals surface area (Å²) in [5.74, 6) is -0.0869. The summed E-state index contributed by atoms with van der Waals surface area (Å²) in [6, 6.07) is 4.11. The van der Waals surface area contributed by atoms with Gasteiger partial charge in [0, 0.05) is 24.0 Å². The van der Waals surface area contributed by atoms with Gasteiger partial charge in [0.05, 0.1) is 5.02 Å². The standard InChI is InChI=1S/C15H17ClFN3O/c1-3-6-18-8-11-9-19-15(20-10(11)2)21-14-5-4-12(17)7-13(14)16/h4-5,7,9,18H,3,6,8H2,1-2H3. The van der Waals surface area contributed by atoms with E-state index < -0.39 is 5.82 Å². The van der Waals surface area contributed by atoms with Gasteiger partial charge in [0.1, 0.15) is 11.6 Å². The van der Waals surface area contributed by atoms with Crippen LogP contribution in [0, 0.1) is 12.7 Å². The van der Waals surface area contributed by atoms with Crippen molar-refractivity contribution in [1.29, 1.82) is 0 Å². The highest BCUT2D eigenvalue weighted by Crippen LogP contribution is 2.28. The van der Waals surface area contributed by atoms with Crippen molar-refractivity contribution in [3.05, 3.63) is 46.5 Å². The first-order chi connectivity index (χ1) is 10.1. The summed E-state index contributed by atoms with van der Waals surface area (Å²) in [5.41, 5.74) is 1.85. The summed E-state index contributed by atoms with van der Waals surface area (Å²) in [6.07, 6.45) is 2.79. The summed E-state index contributed by atoms with van der Waals surface area (Å²) < 4.78 is 18.5. The Hall–Kier alpha value is -1.72. The fraction of sp³-hybridized carbons (Fsp3) is 0.333. The Labute approximate surface area is 128 Å². The first-order valence-corrected chi connectivity index (χ1v) is 7.14. The Bertz CT molecular complexity index is 622. The highest BCUT2D eigenvalue weighted by Gasteiger charge is 2.08. The molecule has 0 unspecified atom stereocenters. The van der Waals surface area contributed by atoms with E-state index in [1.807, 2.05) is 6.92 Å². The minimum absolute atomic E-state index is 0.185. The van der Waals surface area contributed by atoms with E-state index in [-0.39, 0.29) is 11.0 Å². The predicted octanol–water partition coefficient (Wildman–Crippen LogP) is 3.87. The molecule has 6 heteroatoms. The van der Waals surface area contributed by atoms with Gasteiger partial charge in [0.15, 0.2) is 0 Å². The molecule has 0 radical (unpaired) electrons. The van der Waals surface area contributed by atoms with Gasteiger partial charge in [-0.1, -0.05) is 18.5 Å². The summed E-state index contributed by atoms with van der Waals surface area (Å²) in [7, 11) is 0. The Morgan fingerprint density at radius 2 is 2.19 bits per heavy atom. The van der Waals surface area contributed by atoms with E-state index in [2.05, 4.69) is 22.2 Å². The van der Waals surface area contributed by atoms with Crippen molar-refractivity contribution in [2.75, 3.05) is 6.54 Å². The molecule has 0 fully saturated rings. The minimum Gasteiger partial charge on any atom is -0.423 e. The lowest BCUT2D eigenvalue weighted by atomic mass is 10.2. The molecule has 2 aromatic rings. The van der Waals surface area contributed by atoms with Crippen LogP contribution in [-0.2, 0) is 6.54 Å². The number of hydrogen-bond donors (Lipinski definition) is 1. The summed E-state index contributed by atoms with van der Waals surface area (Å²) in [5, 5.41) is 3.48. The maximum atomic E-state index is 13.0. The van der Waals surface area contributed by atoms with Gasteiger partial charge < -0.3 is 10.1 Å². The van der Waals surface area contributed by atoms with Crippen LogP contribution in [0.15, 0.2) is 24.4 Å². The van der Waals surface area contributed by atoms with Gasteiger partial charge in [-0.15, -0.1) is 0 Å². The number of rotatable bonds is 6.